The van der Waals surface area contributed by atoms with E-state index in [0.717, 1.165) is 6.54 Å². The molecule has 0 aliphatic carbocycles. The molecule has 22 heavy (non-hydrogen) atoms. The summed E-state index contributed by atoms with van der Waals surface area (Å²) in [4.78, 5) is 14.4. The molecule has 2 aromatic carbocycles. The minimum absolute atomic E-state index is 0.0974. The fourth-order valence-corrected chi connectivity index (χ4v) is 3.17. The molecule has 2 aromatic rings. The summed E-state index contributed by atoms with van der Waals surface area (Å²) in [5.74, 6) is 0.383. The van der Waals surface area contributed by atoms with E-state index in [2.05, 4.69) is 42.5 Å². The smallest absolute Gasteiger partial charge is 0.224 e. The maximum absolute atomic E-state index is 12.4. The topological polar surface area (TPSA) is 46.3 Å². The molecule has 0 aromatic heterocycles. The van der Waals surface area contributed by atoms with Crippen molar-refractivity contribution in [2.24, 2.45) is 5.73 Å². The first-order chi connectivity index (χ1) is 10.6. The van der Waals surface area contributed by atoms with Crippen LogP contribution < -0.4 is 5.73 Å². The van der Waals surface area contributed by atoms with E-state index in [0.29, 0.717) is 13.0 Å². The van der Waals surface area contributed by atoms with Crippen LogP contribution in [0.15, 0.2) is 54.6 Å². The molecule has 0 bridgehead atoms. The molecule has 114 valence electrons. The van der Waals surface area contributed by atoms with Crippen LogP contribution in [0.4, 0.5) is 0 Å². The molecule has 0 spiro atoms. The van der Waals surface area contributed by atoms with E-state index in [1.807, 2.05) is 24.0 Å². The highest BCUT2D eigenvalue weighted by Crippen LogP contribution is 2.33. The van der Waals surface area contributed by atoms with Crippen molar-refractivity contribution in [3.63, 3.8) is 0 Å². The van der Waals surface area contributed by atoms with Crippen LogP contribution in [-0.2, 0) is 11.3 Å². The molecule has 2 N–H and O–H groups in total. The Morgan fingerprint density at radius 2 is 1.86 bits per heavy atom. The number of carbonyl (C=O) groups excluding carboxylic acids is 1. The maximum Gasteiger partial charge on any atom is 0.224 e. The van der Waals surface area contributed by atoms with Gasteiger partial charge in [0.1, 0.15) is 0 Å². The second-order valence-corrected chi connectivity index (χ2v) is 6.12. The Labute approximate surface area is 131 Å². The number of rotatable bonds is 3. The molecule has 1 amide bonds. The van der Waals surface area contributed by atoms with Crippen molar-refractivity contribution < 1.29 is 4.79 Å². The van der Waals surface area contributed by atoms with Crippen LogP contribution in [-0.4, -0.2) is 23.4 Å². The maximum atomic E-state index is 12.4. The van der Waals surface area contributed by atoms with Crippen LogP contribution in [0, 0.1) is 0 Å². The number of amides is 1. The fourth-order valence-electron chi connectivity index (χ4n) is 3.17. The number of hydrogen-bond acceptors (Lipinski definition) is 2. The molecule has 0 radical (unpaired) electrons. The molecule has 0 saturated carbocycles. The van der Waals surface area contributed by atoms with Crippen LogP contribution in [0.2, 0.25) is 0 Å². The van der Waals surface area contributed by atoms with Gasteiger partial charge >= 0.3 is 0 Å². The monoisotopic (exact) mass is 294 g/mol. The van der Waals surface area contributed by atoms with Crippen LogP contribution in [0.3, 0.4) is 0 Å². The van der Waals surface area contributed by atoms with Gasteiger partial charge < -0.3 is 10.6 Å². The van der Waals surface area contributed by atoms with Crippen molar-refractivity contribution in [2.75, 3.05) is 6.54 Å². The summed E-state index contributed by atoms with van der Waals surface area (Å²) < 4.78 is 0. The molecule has 3 nitrogen and oxygen atoms in total. The van der Waals surface area contributed by atoms with Crippen molar-refractivity contribution in [2.45, 2.75) is 31.8 Å². The second-order valence-electron chi connectivity index (χ2n) is 6.12. The van der Waals surface area contributed by atoms with Crippen molar-refractivity contribution in [3.8, 4) is 0 Å². The Hall–Kier alpha value is -2.13. The van der Waals surface area contributed by atoms with E-state index in [9.17, 15) is 4.79 Å². The molecule has 3 rings (SSSR count). The molecule has 1 aliphatic rings. The molecular formula is C19H22N2O. The molecular weight excluding hydrogens is 272 g/mol. The van der Waals surface area contributed by atoms with Crippen LogP contribution in [0.5, 0.6) is 0 Å². The number of nitrogens with two attached hydrogens (primary N) is 1. The third-order valence-electron chi connectivity index (χ3n) is 4.25. The first-order valence-corrected chi connectivity index (χ1v) is 7.81. The van der Waals surface area contributed by atoms with E-state index in [1.54, 1.807) is 0 Å². The lowest BCUT2D eigenvalue weighted by Gasteiger charge is -2.35. The Balaban J connectivity index is 1.93. The van der Waals surface area contributed by atoms with Crippen molar-refractivity contribution >= 4 is 5.91 Å². The van der Waals surface area contributed by atoms with Crippen molar-refractivity contribution in [1.82, 2.24) is 4.90 Å². The van der Waals surface area contributed by atoms with Crippen LogP contribution in [0.25, 0.3) is 0 Å². The number of carbonyl (C=O) groups is 1. The van der Waals surface area contributed by atoms with Gasteiger partial charge in [-0.1, -0.05) is 54.6 Å². The largest absolute Gasteiger partial charge is 0.337 e. The Morgan fingerprint density at radius 1 is 1.18 bits per heavy atom. The Bertz CT molecular complexity index is 651. The number of benzene rings is 2. The standard InChI is InChI=1S/C19H22N2O/c1-14(20)11-19(22)21-12-16-9-5-6-10-17(16)18(13-21)15-7-3-2-4-8-15/h2-10,14,18H,11-13,20H2,1H3. The SMILES string of the molecule is CC(N)CC(=O)N1Cc2ccccc2C(c2ccccc2)C1. The molecule has 3 heteroatoms. The van der Waals surface area contributed by atoms with E-state index < -0.39 is 0 Å². The highest BCUT2D eigenvalue weighted by molar-refractivity contribution is 5.77. The van der Waals surface area contributed by atoms with Gasteiger partial charge in [0.2, 0.25) is 5.91 Å². The normalized spacial score (nSPS) is 18.6. The molecule has 0 fully saturated rings. The summed E-state index contributed by atoms with van der Waals surface area (Å²) in [6.45, 7) is 3.29. The van der Waals surface area contributed by atoms with Crippen LogP contribution in [0.1, 0.15) is 36.0 Å². The van der Waals surface area contributed by atoms with Gasteiger partial charge in [-0.25, -0.2) is 0 Å². The predicted octanol–water partition coefficient (Wildman–Crippen LogP) is 2.90. The average molecular weight is 294 g/mol. The number of fused-ring (bicyclic) bond motifs is 1. The van der Waals surface area contributed by atoms with E-state index in [-0.39, 0.29) is 17.9 Å². The number of nitrogens with zero attached hydrogens (tertiary/aromatic N) is 1. The summed E-state index contributed by atoms with van der Waals surface area (Å²) in [5.41, 5.74) is 9.62. The zero-order valence-electron chi connectivity index (χ0n) is 12.9. The molecule has 1 aliphatic heterocycles. The zero-order valence-corrected chi connectivity index (χ0v) is 12.9. The summed E-state index contributed by atoms with van der Waals surface area (Å²) in [5, 5.41) is 0. The highest BCUT2D eigenvalue weighted by Gasteiger charge is 2.28. The predicted molar refractivity (Wildman–Crippen MR) is 88.4 cm³/mol. The summed E-state index contributed by atoms with van der Waals surface area (Å²) in [6, 6.07) is 18.7. The van der Waals surface area contributed by atoms with Crippen molar-refractivity contribution in [1.29, 1.82) is 0 Å². The van der Waals surface area contributed by atoms with Gasteiger partial charge in [-0.3, -0.25) is 4.79 Å². The quantitative estimate of drug-likeness (QED) is 0.946. The molecule has 2 atom stereocenters. The van der Waals surface area contributed by atoms with E-state index >= 15 is 0 Å². The summed E-state index contributed by atoms with van der Waals surface area (Å²) >= 11 is 0. The minimum atomic E-state index is -0.0974. The van der Waals surface area contributed by atoms with E-state index in [1.165, 1.54) is 16.7 Å². The lowest BCUT2D eigenvalue weighted by Crippen LogP contribution is -2.40. The minimum Gasteiger partial charge on any atom is -0.337 e. The van der Waals surface area contributed by atoms with Gasteiger partial charge in [0.15, 0.2) is 0 Å². The van der Waals surface area contributed by atoms with Gasteiger partial charge in [-0.2, -0.15) is 0 Å². The first kappa shape index (κ1) is 14.8. The van der Waals surface area contributed by atoms with Gasteiger partial charge in [-0.05, 0) is 23.6 Å². The van der Waals surface area contributed by atoms with Gasteiger partial charge in [0.05, 0.1) is 0 Å². The number of hydrogen-bond donors (Lipinski definition) is 1. The van der Waals surface area contributed by atoms with Gasteiger partial charge in [0.25, 0.3) is 0 Å². The molecule has 0 saturated heterocycles. The summed E-state index contributed by atoms with van der Waals surface area (Å²) in [6.07, 6.45) is 0.406. The molecule has 2 unspecified atom stereocenters. The Kier molecular flexibility index (Phi) is 4.25. The first-order valence-electron chi connectivity index (χ1n) is 7.81. The highest BCUT2D eigenvalue weighted by atomic mass is 16.2. The molecule has 1 heterocycles. The van der Waals surface area contributed by atoms with E-state index in [4.69, 9.17) is 5.73 Å². The Morgan fingerprint density at radius 3 is 2.59 bits per heavy atom. The van der Waals surface area contributed by atoms with Crippen molar-refractivity contribution in [3.05, 3.63) is 71.3 Å². The lowest BCUT2D eigenvalue weighted by atomic mass is 9.84. The lowest BCUT2D eigenvalue weighted by molar-refractivity contribution is -0.132. The van der Waals surface area contributed by atoms with Gasteiger partial charge in [-0.15, -0.1) is 0 Å². The van der Waals surface area contributed by atoms with Crippen LogP contribution >= 0.6 is 0 Å². The summed E-state index contributed by atoms with van der Waals surface area (Å²) in [7, 11) is 0. The average Bonchev–Trinajstić information content (AvgIpc) is 2.54. The zero-order chi connectivity index (χ0) is 15.5. The third-order valence-corrected chi connectivity index (χ3v) is 4.25. The fraction of sp³-hybridized carbons (Fsp3) is 0.316. The second kappa shape index (κ2) is 6.32. The third kappa shape index (κ3) is 3.04. The van der Waals surface area contributed by atoms with Gasteiger partial charge in [0, 0.05) is 31.5 Å².